The van der Waals surface area contributed by atoms with E-state index in [0.29, 0.717) is 13.1 Å². The van der Waals surface area contributed by atoms with Gasteiger partial charge in [0.05, 0.1) is 0 Å². The van der Waals surface area contributed by atoms with Crippen molar-refractivity contribution in [2.24, 2.45) is 0 Å². The quantitative estimate of drug-likeness (QED) is 0.880. The Morgan fingerprint density at radius 2 is 2.00 bits per heavy atom. The molecule has 1 amide bonds. The van der Waals surface area contributed by atoms with Crippen molar-refractivity contribution < 1.29 is 13.6 Å². The van der Waals surface area contributed by atoms with E-state index in [1.807, 2.05) is 4.90 Å². The third-order valence-electron chi connectivity index (χ3n) is 4.23. The van der Waals surface area contributed by atoms with Gasteiger partial charge in [-0.3, -0.25) is 9.69 Å². The number of carbonyl (C=O) groups is 1. The summed E-state index contributed by atoms with van der Waals surface area (Å²) in [5.41, 5.74) is 5.79. The lowest BCUT2D eigenvalue weighted by molar-refractivity contribution is 0.0895. The highest BCUT2D eigenvalue weighted by atomic mass is 19.1. The average molecular weight is 347 g/mol. The number of nitrogens with one attached hydrogen (secondary N) is 1. The second-order valence-corrected chi connectivity index (χ2v) is 6.04. The maximum atomic E-state index is 13.8. The van der Waals surface area contributed by atoms with Crippen molar-refractivity contribution in [3.05, 3.63) is 53.5 Å². The minimum absolute atomic E-state index is 0.0487. The zero-order valence-corrected chi connectivity index (χ0v) is 13.6. The Hall–Kier alpha value is -2.61. The minimum Gasteiger partial charge on any atom is -0.382 e. The van der Waals surface area contributed by atoms with Crippen molar-refractivity contribution in [1.82, 2.24) is 20.2 Å². The summed E-state index contributed by atoms with van der Waals surface area (Å²) < 4.78 is 27.6. The summed E-state index contributed by atoms with van der Waals surface area (Å²) in [5.74, 6) is -1.44. The molecule has 2 aromatic rings. The van der Waals surface area contributed by atoms with Gasteiger partial charge in [-0.1, -0.05) is 6.07 Å². The van der Waals surface area contributed by atoms with Gasteiger partial charge in [-0.25, -0.2) is 18.7 Å². The molecule has 1 fully saturated rings. The number of hydrogen-bond acceptors (Lipinski definition) is 5. The van der Waals surface area contributed by atoms with Crippen LogP contribution in [0.4, 0.5) is 14.6 Å². The summed E-state index contributed by atoms with van der Waals surface area (Å²) in [7, 11) is 0. The van der Waals surface area contributed by atoms with E-state index in [1.54, 1.807) is 0 Å². The monoisotopic (exact) mass is 347 g/mol. The Labute approximate surface area is 144 Å². The topological polar surface area (TPSA) is 84.1 Å². The third kappa shape index (κ3) is 4.08. The van der Waals surface area contributed by atoms with Crippen LogP contribution in [0.15, 0.2) is 30.6 Å². The maximum Gasteiger partial charge on any atom is 0.273 e. The number of amides is 1. The first-order valence-corrected chi connectivity index (χ1v) is 8.07. The van der Waals surface area contributed by atoms with Crippen LogP contribution in [0.3, 0.4) is 0 Å². The molecule has 1 aliphatic rings. The molecule has 8 heteroatoms. The predicted molar refractivity (Wildman–Crippen MR) is 88.6 cm³/mol. The molecule has 0 saturated carbocycles. The Kier molecular flexibility index (Phi) is 5.18. The smallest absolute Gasteiger partial charge is 0.273 e. The second kappa shape index (κ2) is 7.52. The molecular formula is C17H19F2N5O. The molecule has 6 nitrogen and oxygen atoms in total. The van der Waals surface area contributed by atoms with E-state index in [4.69, 9.17) is 5.73 Å². The first-order chi connectivity index (χ1) is 12.0. The average Bonchev–Trinajstić information content (AvgIpc) is 2.59. The lowest BCUT2D eigenvalue weighted by Crippen LogP contribution is -2.47. The van der Waals surface area contributed by atoms with E-state index in [-0.39, 0.29) is 29.7 Å². The molecule has 1 aromatic heterocycles. The highest BCUT2D eigenvalue weighted by Crippen LogP contribution is 2.18. The van der Waals surface area contributed by atoms with Crippen LogP contribution >= 0.6 is 0 Å². The van der Waals surface area contributed by atoms with Gasteiger partial charge in [0.25, 0.3) is 5.91 Å². The van der Waals surface area contributed by atoms with Crippen LogP contribution in [0.25, 0.3) is 0 Å². The molecule has 3 N–H and O–H groups in total. The summed E-state index contributed by atoms with van der Waals surface area (Å²) in [6, 6.07) is 3.70. The van der Waals surface area contributed by atoms with Gasteiger partial charge in [-0.15, -0.1) is 0 Å². The highest BCUT2D eigenvalue weighted by molar-refractivity contribution is 5.96. The summed E-state index contributed by atoms with van der Waals surface area (Å²) in [5, 5.41) is 2.87. The molecule has 3 rings (SSSR count). The molecule has 1 saturated heterocycles. The normalized spacial score (nSPS) is 18.1. The SMILES string of the molecule is Nc1nccnc1C(=O)N[C@@H]1CCCN(Cc2c(F)cccc2F)C1. The van der Waals surface area contributed by atoms with Crippen LogP contribution in [0, 0.1) is 11.6 Å². The fourth-order valence-corrected chi connectivity index (χ4v) is 3.00. The first kappa shape index (κ1) is 17.2. The van der Waals surface area contributed by atoms with Gasteiger partial charge in [0, 0.05) is 37.1 Å². The Morgan fingerprint density at radius 1 is 1.28 bits per heavy atom. The fraction of sp³-hybridized carbons (Fsp3) is 0.353. The molecule has 0 unspecified atom stereocenters. The Morgan fingerprint density at radius 3 is 2.72 bits per heavy atom. The van der Waals surface area contributed by atoms with Crippen LogP contribution in [0.1, 0.15) is 28.9 Å². The van der Waals surface area contributed by atoms with Crippen molar-refractivity contribution in [3.8, 4) is 0 Å². The number of aromatic nitrogens is 2. The maximum absolute atomic E-state index is 13.8. The van der Waals surface area contributed by atoms with Crippen molar-refractivity contribution in [1.29, 1.82) is 0 Å². The van der Waals surface area contributed by atoms with Crippen LogP contribution in [0.2, 0.25) is 0 Å². The number of hydrogen-bond donors (Lipinski definition) is 2. The van der Waals surface area contributed by atoms with Crippen LogP contribution < -0.4 is 11.1 Å². The predicted octanol–water partition coefficient (Wildman–Crippen LogP) is 1.73. The lowest BCUT2D eigenvalue weighted by Gasteiger charge is -2.33. The van der Waals surface area contributed by atoms with E-state index in [0.717, 1.165) is 12.8 Å². The van der Waals surface area contributed by atoms with Gasteiger partial charge in [0.2, 0.25) is 0 Å². The molecule has 1 aliphatic heterocycles. The first-order valence-electron chi connectivity index (χ1n) is 8.07. The van der Waals surface area contributed by atoms with Gasteiger partial charge >= 0.3 is 0 Å². The summed E-state index contributed by atoms with van der Waals surface area (Å²) in [4.78, 5) is 22.0. The Bertz CT molecular complexity index is 750. The van der Waals surface area contributed by atoms with Crippen LogP contribution in [-0.2, 0) is 6.54 Å². The number of nitrogen functional groups attached to an aromatic ring is 1. The van der Waals surface area contributed by atoms with E-state index < -0.39 is 17.5 Å². The molecule has 0 aliphatic carbocycles. The minimum atomic E-state index is -0.557. The molecule has 1 aromatic carbocycles. The van der Waals surface area contributed by atoms with Crippen molar-refractivity contribution >= 4 is 11.7 Å². The van der Waals surface area contributed by atoms with Crippen molar-refractivity contribution in [2.45, 2.75) is 25.4 Å². The molecule has 0 bridgehead atoms. The number of halogens is 2. The summed E-state index contributed by atoms with van der Waals surface area (Å²) >= 11 is 0. The zero-order chi connectivity index (χ0) is 17.8. The van der Waals surface area contributed by atoms with E-state index in [1.165, 1.54) is 30.6 Å². The molecule has 2 heterocycles. The Balaban J connectivity index is 1.63. The van der Waals surface area contributed by atoms with E-state index in [9.17, 15) is 13.6 Å². The molecule has 25 heavy (non-hydrogen) atoms. The molecule has 132 valence electrons. The van der Waals surface area contributed by atoms with Crippen molar-refractivity contribution in [2.75, 3.05) is 18.8 Å². The number of likely N-dealkylation sites (tertiary alicyclic amines) is 1. The molecular weight excluding hydrogens is 328 g/mol. The number of nitrogens with zero attached hydrogens (tertiary/aromatic N) is 3. The second-order valence-electron chi connectivity index (χ2n) is 6.04. The van der Waals surface area contributed by atoms with Gasteiger partial charge in [0.1, 0.15) is 11.6 Å². The third-order valence-corrected chi connectivity index (χ3v) is 4.23. The largest absolute Gasteiger partial charge is 0.382 e. The number of carbonyl (C=O) groups excluding carboxylic acids is 1. The van der Waals surface area contributed by atoms with Crippen LogP contribution in [-0.4, -0.2) is 39.9 Å². The molecule has 1 atom stereocenters. The highest BCUT2D eigenvalue weighted by Gasteiger charge is 2.24. The van der Waals surface area contributed by atoms with Crippen LogP contribution in [0.5, 0.6) is 0 Å². The van der Waals surface area contributed by atoms with Gasteiger partial charge in [0.15, 0.2) is 11.5 Å². The fourth-order valence-electron chi connectivity index (χ4n) is 3.00. The zero-order valence-electron chi connectivity index (χ0n) is 13.6. The molecule has 0 spiro atoms. The lowest BCUT2D eigenvalue weighted by atomic mass is 10.0. The standard InChI is InChI=1S/C17H19F2N5O/c18-13-4-1-5-14(19)12(13)10-24-8-2-3-11(9-24)23-17(25)15-16(20)22-7-6-21-15/h1,4-7,11H,2-3,8-10H2,(H2,20,22)(H,23,25)/t11-/m1/s1. The van der Waals surface area contributed by atoms with Gasteiger partial charge in [-0.05, 0) is 31.5 Å². The molecule has 0 radical (unpaired) electrons. The number of anilines is 1. The van der Waals surface area contributed by atoms with Gasteiger partial charge < -0.3 is 11.1 Å². The van der Waals surface area contributed by atoms with Crippen molar-refractivity contribution in [3.63, 3.8) is 0 Å². The van der Waals surface area contributed by atoms with E-state index in [2.05, 4.69) is 15.3 Å². The van der Waals surface area contributed by atoms with Gasteiger partial charge in [-0.2, -0.15) is 0 Å². The number of benzene rings is 1. The summed E-state index contributed by atoms with van der Waals surface area (Å²) in [6.07, 6.45) is 4.41. The summed E-state index contributed by atoms with van der Waals surface area (Å²) in [6.45, 7) is 1.38. The number of nitrogens with two attached hydrogens (primary N) is 1. The number of rotatable bonds is 4. The number of piperidine rings is 1. The van der Waals surface area contributed by atoms with E-state index >= 15 is 0 Å².